The predicted octanol–water partition coefficient (Wildman–Crippen LogP) is 2.05. The Morgan fingerprint density at radius 3 is 2.29 bits per heavy atom. The van der Waals surface area contributed by atoms with E-state index in [4.69, 9.17) is 5.73 Å². The Balaban J connectivity index is 2.07. The Morgan fingerprint density at radius 2 is 1.71 bits per heavy atom. The van der Waals surface area contributed by atoms with Gasteiger partial charge in [-0.25, -0.2) is 0 Å². The first-order chi connectivity index (χ1) is 8.16. The number of H-pyrrole nitrogens is 1. The van der Waals surface area contributed by atoms with Crippen LogP contribution in [-0.4, -0.2) is 16.6 Å². The molecule has 0 radical (unpaired) electrons. The molecule has 0 spiro atoms. The normalized spacial score (nSPS) is 10.1. The number of benzene rings is 1. The zero-order valence-electron chi connectivity index (χ0n) is 9.14. The predicted molar refractivity (Wildman–Crippen MR) is 64.9 cm³/mol. The zero-order valence-corrected chi connectivity index (χ0v) is 9.14. The van der Waals surface area contributed by atoms with E-state index in [1.165, 1.54) is 0 Å². The number of nitrogen functional groups attached to an aromatic ring is 1. The van der Waals surface area contributed by atoms with Crippen LogP contribution in [0.2, 0.25) is 0 Å². The first kappa shape index (κ1) is 11.1. The highest BCUT2D eigenvalue weighted by molar-refractivity contribution is 6.13. The number of ketones is 2. The summed E-state index contributed by atoms with van der Waals surface area (Å²) in [6.07, 6.45) is -0.149. The van der Waals surface area contributed by atoms with Crippen molar-refractivity contribution in [3.63, 3.8) is 0 Å². The van der Waals surface area contributed by atoms with E-state index in [0.717, 1.165) is 0 Å². The minimum atomic E-state index is -0.254. The van der Waals surface area contributed by atoms with Gasteiger partial charge in [0.05, 0.1) is 12.1 Å². The fraction of sp³-hybridized carbons (Fsp3) is 0.0769. The van der Waals surface area contributed by atoms with Crippen LogP contribution in [-0.2, 0) is 0 Å². The number of hydrogen-bond acceptors (Lipinski definition) is 3. The minimum Gasteiger partial charge on any atom is -0.385 e. The van der Waals surface area contributed by atoms with Crippen molar-refractivity contribution >= 4 is 17.4 Å². The number of carbonyl (C=O) groups is 2. The van der Waals surface area contributed by atoms with Crippen molar-refractivity contribution in [3.05, 3.63) is 53.7 Å². The average Bonchev–Trinajstić information content (AvgIpc) is 2.77. The molecule has 86 valence electrons. The van der Waals surface area contributed by atoms with Crippen molar-refractivity contribution in [2.24, 2.45) is 0 Å². The number of Topliss-reactive ketones (excluding diaryl/α,β-unsaturated/α-hetero) is 2. The molecule has 17 heavy (non-hydrogen) atoms. The standard InChI is InChI=1S/C13H12N2O2/c14-13-7-6-10(15-13)12(17)8-11(16)9-4-2-1-3-5-9/h1-7,15H,8,14H2. The molecule has 1 heterocycles. The highest BCUT2D eigenvalue weighted by Gasteiger charge is 2.14. The van der Waals surface area contributed by atoms with Crippen molar-refractivity contribution in [1.29, 1.82) is 0 Å². The molecule has 1 aromatic heterocycles. The summed E-state index contributed by atoms with van der Waals surface area (Å²) in [6.45, 7) is 0. The van der Waals surface area contributed by atoms with Gasteiger partial charge in [0.1, 0.15) is 5.82 Å². The maximum Gasteiger partial charge on any atom is 0.186 e. The molecule has 3 N–H and O–H groups in total. The second-order valence-electron chi connectivity index (χ2n) is 3.72. The van der Waals surface area contributed by atoms with E-state index in [0.29, 0.717) is 17.1 Å². The second kappa shape index (κ2) is 4.65. The second-order valence-corrected chi connectivity index (χ2v) is 3.72. The lowest BCUT2D eigenvalue weighted by Gasteiger charge is -1.99. The van der Waals surface area contributed by atoms with Gasteiger partial charge in [0, 0.05) is 5.56 Å². The highest BCUT2D eigenvalue weighted by Crippen LogP contribution is 2.09. The van der Waals surface area contributed by atoms with Gasteiger partial charge < -0.3 is 10.7 Å². The monoisotopic (exact) mass is 228 g/mol. The molecule has 4 nitrogen and oxygen atoms in total. The molecule has 1 aromatic carbocycles. The summed E-state index contributed by atoms with van der Waals surface area (Å²) in [5, 5.41) is 0. The minimum absolute atomic E-state index is 0.149. The van der Waals surface area contributed by atoms with Crippen LogP contribution in [0.5, 0.6) is 0 Å². The van der Waals surface area contributed by atoms with E-state index >= 15 is 0 Å². The number of aromatic nitrogens is 1. The molecule has 0 aliphatic rings. The van der Waals surface area contributed by atoms with Crippen LogP contribution in [0.4, 0.5) is 5.82 Å². The summed E-state index contributed by atoms with van der Waals surface area (Å²) < 4.78 is 0. The van der Waals surface area contributed by atoms with Crippen molar-refractivity contribution in [2.45, 2.75) is 6.42 Å². The molecule has 2 aromatic rings. The van der Waals surface area contributed by atoms with Gasteiger partial charge in [0.15, 0.2) is 11.6 Å². The quantitative estimate of drug-likeness (QED) is 0.621. The number of nitrogens with one attached hydrogen (secondary N) is 1. The van der Waals surface area contributed by atoms with Gasteiger partial charge in [-0.1, -0.05) is 30.3 Å². The lowest BCUT2D eigenvalue weighted by Crippen LogP contribution is -2.09. The average molecular weight is 228 g/mol. The highest BCUT2D eigenvalue weighted by atomic mass is 16.1. The van der Waals surface area contributed by atoms with Crippen molar-refractivity contribution in [2.75, 3.05) is 5.73 Å². The molecule has 0 saturated heterocycles. The van der Waals surface area contributed by atoms with Gasteiger partial charge in [-0.05, 0) is 12.1 Å². The third-order valence-electron chi connectivity index (χ3n) is 2.43. The van der Waals surface area contributed by atoms with Crippen LogP contribution in [0, 0.1) is 0 Å². The van der Waals surface area contributed by atoms with E-state index in [9.17, 15) is 9.59 Å². The van der Waals surface area contributed by atoms with E-state index in [-0.39, 0.29) is 18.0 Å². The molecule has 0 unspecified atom stereocenters. The van der Waals surface area contributed by atoms with Gasteiger partial charge in [-0.3, -0.25) is 9.59 Å². The summed E-state index contributed by atoms with van der Waals surface area (Å²) >= 11 is 0. The Hall–Kier alpha value is -2.36. The third-order valence-corrected chi connectivity index (χ3v) is 2.43. The summed E-state index contributed by atoms with van der Waals surface area (Å²) in [4.78, 5) is 26.2. The van der Waals surface area contributed by atoms with Crippen LogP contribution >= 0.6 is 0 Å². The third kappa shape index (κ3) is 2.60. The number of carbonyl (C=O) groups excluding carboxylic acids is 2. The number of aromatic amines is 1. The van der Waals surface area contributed by atoms with E-state index in [1.807, 2.05) is 6.07 Å². The fourth-order valence-electron chi connectivity index (χ4n) is 1.54. The largest absolute Gasteiger partial charge is 0.385 e. The van der Waals surface area contributed by atoms with E-state index < -0.39 is 0 Å². The van der Waals surface area contributed by atoms with Crippen molar-refractivity contribution in [1.82, 2.24) is 4.98 Å². The summed E-state index contributed by atoms with van der Waals surface area (Å²) in [5.74, 6) is -0.0279. The molecular weight excluding hydrogens is 216 g/mol. The summed E-state index contributed by atoms with van der Waals surface area (Å²) in [5.41, 5.74) is 6.38. The van der Waals surface area contributed by atoms with Crippen molar-refractivity contribution < 1.29 is 9.59 Å². The molecule has 0 aliphatic heterocycles. The number of rotatable bonds is 4. The van der Waals surface area contributed by atoms with E-state index in [1.54, 1.807) is 36.4 Å². The van der Waals surface area contributed by atoms with Crippen LogP contribution in [0.1, 0.15) is 27.3 Å². The molecule has 0 amide bonds. The Morgan fingerprint density at radius 1 is 1.00 bits per heavy atom. The molecule has 0 atom stereocenters. The van der Waals surface area contributed by atoms with Crippen LogP contribution in [0.25, 0.3) is 0 Å². The Labute approximate surface area is 98.5 Å². The molecule has 4 heteroatoms. The molecular formula is C13H12N2O2. The van der Waals surface area contributed by atoms with Gasteiger partial charge in [0.25, 0.3) is 0 Å². The lowest BCUT2D eigenvalue weighted by atomic mass is 10.1. The van der Waals surface area contributed by atoms with Gasteiger partial charge in [-0.15, -0.1) is 0 Å². The number of anilines is 1. The smallest absolute Gasteiger partial charge is 0.186 e. The molecule has 0 aliphatic carbocycles. The molecule has 2 rings (SSSR count). The Kier molecular flexibility index (Phi) is 3.05. The topological polar surface area (TPSA) is 76.0 Å². The molecule has 0 bridgehead atoms. The maximum absolute atomic E-state index is 11.8. The summed E-state index contributed by atoms with van der Waals surface area (Å²) in [6, 6.07) is 11.9. The number of hydrogen-bond donors (Lipinski definition) is 2. The lowest BCUT2D eigenvalue weighted by molar-refractivity contribution is 0.0892. The zero-order chi connectivity index (χ0) is 12.3. The first-order valence-electron chi connectivity index (χ1n) is 5.23. The van der Waals surface area contributed by atoms with Gasteiger partial charge >= 0.3 is 0 Å². The van der Waals surface area contributed by atoms with Crippen LogP contribution in [0.15, 0.2) is 42.5 Å². The van der Waals surface area contributed by atoms with Crippen LogP contribution < -0.4 is 5.73 Å². The Bertz CT molecular complexity index is 544. The first-order valence-corrected chi connectivity index (χ1v) is 5.23. The number of nitrogens with two attached hydrogens (primary N) is 1. The van der Waals surface area contributed by atoms with Gasteiger partial charge in [-0.2, -0.15) is 0 Å². The van der Waals surface area contributed by atoms with Gasteiger partial charge in [0.2, 0.25) is 0 Å². The van der Waals surface area contributed by atoms with Crippen LogP contribution in [0.3, 0.4) is 0 Å². The van der Waals surface area contributed by atoms with Crippen molar-refractivity contribution in [3.8, 4) is 0 Å². The van der Waals surface area contributed by atoms with E-state index in [2.05, 4.69) is 4.98 Å². The molecule has 0 fully saturated rings. The summed E-state index contributed by atoms with van der Waals surface area (Å²) in [7, 11) is 0. The maximum atomic E-state index is 11.8. The molecule has 0 saturated carbocycles. The SMILES string of the molecule is Nc1ccc(C(=O)CC(=O)c2ccccc2)[nH]1. The fourth-order valence-corrected chi connectivity index (χ4v) is 1.54.